The van der Waals surface area contributed by atoms with Gasteiger partial charge in [-0.1, -0.05) is 20.3 Å². The highest BCUT2D eigenvalue weighted by Gasteiger charge is 2.15. The molecule has 1 unspecified atom stereocenters. The molecule has 0 heterocycles. The first kappa shape index (κ1) is 24.2. The molecule has 0 saturated carbocycles. The first-order valence-electron chi connectivity index (χ1n) is 9.62. The molecule has 0 aromatic heterocycles. The molecule has 150 valence electrons. The topological polar surface area (TPSA) is 56.8 Å². The predicted molar refractivity (Wildman–Crippen MR) is 101 cm³/mol. The summed E-state index contributed by atoms with van der Waals surface area (Å²) in [7, 11) is 4.13. The number of carbonyl (C=O) groups is 1. The maximum atomic E-state index is 11.9. The molecule has 0 aromatic carbocycles. The standard InChI is InChI=1S/C18H39FN4O2/c1-5-7-12-23(4)15-17(25-16-18(24)20-10-6-2)9-14-22(3)13-8-11-21-19/h17,21H,5-16H2,1-4H3,(H,20,24). The predicted octanol–water partition coefficient (Wildman–Crippen LogP) is 1.82. The van der Waals surface area contributed by atoms with Gasteiger partial charge in [-0.05, 0) is 52.9 Å². The minimum atomic E-state index is -0.0505. The quantitative estimate of drug-likeness (QED) is 0.305. The van der Waals surface area contributed by atoms with Gasteiger partial charge in [0, 0.05) is 26.2 Å². The monoisotopic (exact) mass is 362 g/mol. The normalized spacial score (nSPS) is 12.8. The van der Waals surface area contributed by atoms with Gasteiger partial charge in [0.1, 0.15) is 6.61 Å². The lowest BCUT2D eigenvalue weighted by Crippen LogP contribution is -2.37. The van der Waals surface area contributed by atoms with Gasteiger partial charge in [-0.25, -0.2) is 0 Å². The van der Waals surface area contributed by atoms with Gasteiger partial charge < -0.3 is 19.9 Å². The average Bonchev–Trinajstić information content (AvgIpc) is 2.60. The summed E-state index contributed by atoms with van der Waals surface area (Å²) in [4.78, 5) is 16.2. The largest absolute Gasteiger partial charge is 0.367 e. The van der Waals surface area contributed by atoms with Crippen molar-refractivity contribution in [2.75, 3.05) is 60.0 Å². The molecule has 1 amide bonds. The maximum Gasteiger partial charge on any atom is 0.246 e. The van der Waals surface area contributed by atoms with E-state index in [4.69, 9.17) is 4.74 Å². The summed E-state index contributed by atoms with van der Waals surface area (Å²) in [5, 5.41) is 2.84. The zero-order valence-electron chi connectivity index (χ0n) is 16.7. The Morgan fingerprint density at radius 3 is 2.40 bits per heavy atom. The van der Waals surface area contributed by atoms with E-state index in [1.807, 2.05) is 14.0 Å². The van der Waals surface area contributed by atoms with E-state index in [0.717, 1.165) is 51.9 Å². The molecular weight excluding hydrogens is 323 g/mol. The Balaban J connectivity index is 4.28. The Kier molecular flexibility index (Phi) is 16.2. The molecule has 1 atom stereocenters. The molecule has 6 nitrogen and oxygen atoms in total. The summed E-state index contributed by atoms with van der Waals surface area (Å²) in [6.07, 6.45) is 4.91. The van der Waals surface area contributed by atoms with E-state index in [1.165, 1.54) is 6.42 Å². The van der Waals surface area contributed by atoms with Gasteiger partial charge in [-0.3, -0.25) is 4.79 Å². The third kappa shape index (κ3) is 15.2. The third-order valence-electron chi connectivity index (χ3n) is 4.07. The van der Waals surface area contributed by atoms with E-state index in [1.54, 1.807) is 5.54 Å². The van der Waals surface area contributed by atoms with E-state index >= 15 is 0 Å². The Labute approximate surface area is 153 Å². The number of hydrogen-bond donors (Lipinski definition) is 2. The number of amides is 1. The second-order valence-corrected chi connectivity index (χ2v) is 6.73. The third-order valence-corrected chi connectivity index (χ3v) is 4.07. The summed E-state index contributed by atoms with van der Waals surface area (Å²) in [5.41, 5.74) is 1.68. The molecule has 0 aromatic rings. The van der Waals surface area contributed by atoms with E-state index in [2.05, 4.69) is 29.1 Å². The molecular formula is C18H39FN4O2. The van der Waals surface area contributed by atoms with E-state index < -0.39 is 0 Å². The summed E-state index contributed by atoms with van der Waals surface area (Å²) >= 11 is 0. The molecule has 25 heavy (non-hydrogen) atoms. The van der Waals surface area contributed by atoms with Crippen molar-refractivity contribution in [3.8, 4) is 0 Å². The van der Waals surface area contributed by atoms with E-state index in [-0.39, 0.29) is 18.6 Å². The highest BCUT2D eigenvalue weighted by molar-refractivity contribution is 5.77. The van der Waals surface area contributed by atoms with Crippen LogP contribution in [0.2, 0.25) is 0 Å². The van der Waals surface area contributed by atoms with Gasteiger partial charge in [-0.2, -0.15) is 5.54 Å². The van der Waals surface area contributed by atoms with Gasteiger partial charge in [0.2, 0.25) is 5.91 Å². The summed E-state index contributed by atoms with van der Waals surface area (Å²) < 4.78 is 17.8. The van der Waals surface area contributed by atoms with Crippen molar-refractivity contribution in [1.29, 1.82) is 0 Å². The second kappa shape index (κ2) is 16.7. The van der Waals surface area contributed by atoms with Crippen LogP contribution in [0.5, 0.6) is 0 Å². The van der Waals surface area contributed by atoms with Crippen molar-refractivity contribution < 1.29 is 14.0 Å². The minimum Gasteiger partial charge on any atom is -0.367 e. The lowest BCUT2D eigenvalue weighted by atomic mass is 10.2. The number of nitrogens with one attached hydrogen (secondary N) is 2. The van der Waals surface area contributed by atoms with Gasteiger partial charge in [0.05, 0.1) is 6.10 Å². The Morgan fingerprint density at radius 2 is 1.76 bits per heavy atom. The number of hydrogen-bond acceptors (Lipinski definition) is 5. The number of nitrogens with zero attached hydrogens (tertiary/aromatic N) is 2. The second-order valence-electron chi connectivity index (χ2n) is 6.73. The van der Waals surface area contributed by atoms with Crippen LogP contribution in [0.3, 0.4) is 0 Å². The van der Waals surface area contributed by atoms with Crippen molar-refractivity contribution >= 4 is 5.91 Å². The van der Waals surface area contributed by atoms with Crippen LogP contribution >= 0.6 is 0 Å². The molecule has 0 aliphatic carbocycles. The fraction of sp³-hybridized carbons (Fsp3) is 0.944. The zero-order valence-corrected chi connectivity index (χ0v) is 16.7. The van der Waals surface area contributed by atoms with Crippen LogP contribution in [0.15, 0.2) is 0 Å². The van der Waals surface area contributed by atoms with Crippen molar-refractivity contribution in [2.24, 2.45) is 0 Å². The fourth-order valence-electron chi connectivity index (χ4n) is 2.50. The molecule has 2 N–H and O–H groups in total. The average molecular weight is 363 g/mol. The van der Waals surface area contributed by atoms with Crippen LogP contribution in [0.25, 0.3) is 0 Å². The van der Waals surface area contributed by atoms with Crippen molar-refractivity contribution in [3.05, 3.63) is 0 Å². The molecule has 7 heteroatoms. The lowest BCUT2D eigenvalue weighted by molar-refractivity contribution is -0.128. The lowest BCUT2D eigenvalue weighted by Gasteiger charge is -2.26. The number of rotatable bonds is 17. The van der Waals surface area contributed by atoms with Crippen molar-refractivity contribution in [2.45, 2.75) is 52.1 Å². The van der Waals surface area contributed by atoms with E-state index in [9.17, 15) is 9.28 Å². The van der Waals surface area contributed by atoms with Crippen LogP contribution < -0.4 is 10.9 Å². The summed E-state index contributed by atoms with van der Waals surface area (Å²) in [6.45, 7) is 8.96. The summed E-state index contributed by atoms with van der Waals surface area (Å²) in [5.74, 6) is -0.0505. The molecule has 0 spiro atoms. The summed E-state index contributed by atoms with van der Waals surface area (Å²) in [6, 6.07) is 0. The minimum absolute atomic E-state index is 0.0241. The van der Waals surface area contributed by atoms with Crippen LogP contribution in [0, 0.1) is 0 Å². The molecule has 0 saturated heterocycles. The highest BCUT2D eigenvalue weighted by atomic mass is 19.2. The van der Waals surface area contributed by atoms with Gasteiger partial charge >= 0.3 is 0 Å². The maximum absolute atomic E-state index is 11.9. The first-order chi connectivity index (χ1) is 12.0. The van der Waals surface area contributed by atoms with Gasteiger partial charge in [0.25, 0.3) is 0 Å². The van der Waals surface area contributed by atoms with Crippen LogP contribution in [-0.4, -0.2) is 81.8 Å². The molecule has 0 aliphatic heterocycles. The SMILES string of the molecule is CCCCN(C)CC(CCN(C)CCCNF)OCC(=O)NCCC. The highest BCUT2D eigenvalue weighted by Crippen LogP contribution is 2.05. The van der Waals surface area contributed by atoms with Crippen molar-refractivity contribution in [1.82, 2.24) is 20.7 Å². The Hall–Kier alpha value is -0.760. The molecule has 0 aliphatic rings. The number of halogens is 1. The Morgan fingerprint density at radius 1 is 1.04 bits per heavy atom. The molecule has 0 fully saturated rings. The number of unbranched alkanes of at least 4 members (excludes halogenated alkanes) is 1. The van der Waals surface area contributed by atoms with Crippen LogP contribution in [-0.2, 0) is 9.53 Å². The van der Waals surface area contributed by atoms with Crippen LogP contribution in [0.4, 0.5) is 4.48 Å². The first-order valence-corrected chi connectivity index (χ1v) is 9.62. The van der Waals surface area contributed by atoms with Gasteiger partial charge in [0.15, 0.2) is 0 Å². The fourth-order valence-corrected chi connectivity index (χ4v) is 2.50. The van der Waals surface area contributed by atoms with Crippen molar-refractivity contribution in [3.63, 3.8) is 0 Å². The van der Waals surface area contributed by atoms with Gasteiger partial charge in [-0.15, -0.1) is 4.48 Å². The van der Waals surface area contributed by atoms with Crippen LogP contribution in [0.1, 0.15) is 46.0 Å². The molecule has 0 radical (unpaired) electrons. The molecule has 0 bridgehead atoms. The number of likely N-dealkylation sites (N-methyl/N-ethyl adjacent to an activating group) is 1. The smallest absolute Gasteiger partial charge is 0.246 e. The zero-order chi connectivity index (χ0) is 18.9. The molecule has 0 rings (SSSR count). The Bertz CT molecular complexity index is 321. The number of ether oxygens (including phenoxy) is 1. The number of carbonyl (C=O) groups excluding carboxylic acids is 1. The van der Waals surface area contributed by atoms with E-state index in [0.29, 0.717) is 13.1 Å².